The first kappa shape index (κ1) is 39.0. The van der Waals surface area contributed by atoms with Crippen molar-refractivity contribution in [1.29, 1.82) is 0 Å². The maximum absolute atomic E-state index is 12.4. The molecule has 2 atom stereocenters. The minimum atomic E-state index is -4.81. The molecule has 4 rings (SSSR count). The van der Waals surface area contributed by atoms with Crippen LogP contribution in [0.4, 0.5) is 0 Å². The summed E-state index contributed by atoms with van der Waals surface area (Å²) in [5, 5.41) is 22.3. The molecule has 0 aromatic heterocycles. The van der Waals surface area contributed by atoms with Crippen LogP contribution in [0.1, 0.15) is 87.7 Å². The Labute approximate surface area is 306 Å². The van der Waals surface area contributed by atoms with Crippen molar-refractivity contribution in [2.75, 3.05) is 6.61 Å². The van der Waals surface area contributed by atoms with Crippen molar-refractivity contribution >= 4 is 21.9 Å². The molecular weight excluding hydrogens is 640 g/mol. The number of hydrogen-bond acceptors (Lipinski definition) is 7. The van der Waals surface area contributed by atoms with E-state index in [0.717, 1.165) is 36.3 Å². The summed E-state index contributed by atoms with van der Waals surface area (Å²) in [6.45, 7) is 4.90. The molecule has 0 aliphatic rings. The van der Waals surface area contributed by atoms with E-state index in [2.05, 4.69) is 13.8 Å². The van der Waals surface area contributed by atoms with E-state index < -0.39 is 22.3 Å². The average Bonchev–Trinajstić information content (AvgIpc) is 3.06. The van der Waals surface area contributed by atoms with Crippen LogP contribution in [0.3, 0.4) is 0 Å². The quantitative estimate of drug-likeness (QED) is 0.0589. The summed E-state index contributed by atoms with van der Waals surface area (Å²) in [4.78, 5) is 0.760. The van der Waals surface area contributed by atoms with Gasteiger partial charge in [-0.3, -0.25) is 0 Å². The molecule has 4 aromatic rings. The van der Waals surface area contributed by atoms with Gasteiger partial charge in [-0.2, -0.15) is 0 Å². The molecule has 244 valence electrons. The molecule has 0 saturated carbocycles. The summed E-state index contributed by atoms with van der Waals surface area (Å²) >= 11 is 1.19. The van der Waals surface area contributed by atoms with Gasteiger partial charge < -0.3 is 19.5 Å². The minimum absolute atomic E-state index is 0. The zero-order valence-electron chi connectivity index (χ0n) is 27.5. The van der Waals surface area contributed by atoms with Gasteiger partial charge in [-0.05, 0) is 89.5 Å². The molecule has 0 aliphatic carbocycles. The number of unbranched alkanes of at least 4 members (excludes halogenated alkanes) is 5. The van der Waals surface area contributed by atoms with E-state index in [1.807, 2.05) is 36.4 Å². The Morgan fingerprint density at radius 3 is 2.28 bits per heavy atom. The van der Waals surface area contributed by atoms with E-state index in [4.69, 9.17) is 4.74 Å². The van der Waals surface area contributed by atoms with Crippen molar-refractivity contribution in [3.63, 3.8) is 0 Å². The van der Waals surface area contributed by atoms with Gasteiger partial charge >= 0.3 is 29.6 Å². The molecule has 47 heavy (non-hydrogen) atoms. The van der Waals surface area contributed by atoms with Crippen LogP contribution in [0, 0.1) is 0 Å². The van der Waals surface area contributed by atoms with Crippen molar-refractivity contribution in [3.05, 3.63) is 120 Å². The minimum Gasteiger partial charge on any atom is -0.744 e. The summed E-state index contributed by atoms with van der Waals surface area (Å²) in [6.07, 6.45) is 9.48. The van der Waals surface area contributed by atoms with Gasteiger partial charge in [0.05, 0.1) is 17.6 Å². The van der Waals surface area contributed by atoms with Crippen LogP contribution in [-0.2, 0) is 10.1 Å². The van der Waals surface area contributed by atoms with Gasteiger partial charge in [-0.15, -0.1) is 0 Å². The van der Waals surface area contributed by atoms with Gasteiger partial charge in [0.2, 0.25) is 0 Å². The van der Waals surface area contributed by atoms with Crippen LogP contribution in [-0.4, -0.2) is 29.8 Å². The summed E-state index contributed by atoms with van der Waals surface area (Å²) in [7, 11) is -4.81. The van der Waals surface area contributed by atoms with E-state index in [-0.39, 0.29) is 34.5 Å². The van der Waals surface area contributed by atoms with Crippen molar-refractivity contribution in [3.8, 4) is 16.9 Å². The number of benzene rings is 4. The van der Waals surface area contributed by atoms with Crippen LogP contribution < -0.4 is 34.3 Å². The van der Waals surface area contributed by atoms with E-state index >= 15 is 0 Å². The SMILES string of the molecule is CCCCCC/C=C\C(O)c1cccc(C(O)c2ccccc2-c2ccc(Sc3ccc(OCCCC)cc3)c(S(=O)(=O)[O-])c2)c1.[Na+]. The molecule has 0 aliphatic heterocycles. The predicted molar refractivity (Wildman–Crippen MR) is 184 cm³/mol. The third-order valence-corrected chi connectivity index (χ3v) is 9.80. The standard InChI is InChI=1S/C38H44O6S2.Na/c1-3-5-7-8-9-10-18-35(39)29-14-13-15-30(26-29)38(40)34-17-12-11-16-33(34)28-19-24-36(37(27-28)46(41,42)43)45-32-22-20-31(21-23-32)44-25-6-4-2;/h10-24,26-27,35,38-40H,3-9,25H2,1-2H3,(H,41,42,43);/q;+1/p-1/b18-10-;. The third-order valence-electron chi connectivity index (χ3n) is 7.71. The van der Waals surface area contributed by atoms with Crippen LogP contribution in [0.25, 0.3) is 11.1 Å². The molecule has 2 N–H and O–H groups in total. The van der Waals surface area contributed by atoms with Crippen molar-refractivity contribution < 1.29 is 57.5 Å². The summed E-state index contributed by atoms with van der Waals surface area (Å²) in [5.74, 6) is 0.731. The third kappa shape index (κ3) is 11.6. The van der Waals surface area contributed by atoms with Crippen LogP contribution >= 0.6 is 11.8 Å². The zero-order valence-corrected chi connectivity index (χ0v) is 31.1. The van der Waals surface area contributed by atoms with Crippen LogP contribution in [0.2, 0.25) is 0 Å². The molecule has 6 nitrogen and oxygen atoms in total. The first-order valence-corrected chi connectivity index (χ1v) is 18.2. The summed E-state index contributed by atoms with van der Waals surface area (Å²) in [6, 6.07) is 26.4. The first-order chi connectivity index (χ1) is 22.2. The Kier molecular flexibility index (Phi) is 16.2. The molecule has 0 spiro atoms. The fourth-order valence-electron chi connectivity index (χ4n) is 5.14. The Hall–Kier alpha value is -2.40. The smallest absolute Gasteiger partial charge is 0.744 e. The molecule has 9 heteroatoms. The molecular formula is C38H43NaO6S2. The molecule has 0 radical (unpaired) electrons. The molecule has 2 unspecified atom stereocenters. The first-order valence-electron chi connectivity index (χ1n) is 15.9. The number of aliphatic hydroxyl groups excluding tert-OH is 2. The predicted octanol–water partition coefficient (Wildman–Crippen LogP) is 6.23. The van der Waals surface area contributed by atoms with E-state index in [9.17, 15) is 23.2 Å². The zero-order chi connectivity index (χ0) is 32.9. The Morgan fingerprint density at radius 1 is 0.830 bits per heavy atom. The second kappa shape index (κ2) is 19.6. The molecule has 4 aromatic carbocycles. The average molecular weight is 683 g/mol. The normalized spacial score (nSPS) is 12.9. The van der Waals surface area contributed by atoms with Gasteiger partial charge in [0, 0.05) is 9.79 Å². The second-order valence-electron chi connectivity index (χ2n) is 11.3. The second-order valence-corrected chi connectivity index (χ2v) is 13.7. The Morgan fingerprint density at radius 2 is 1.55 bits per heavy atom. The van der Waals surface area contributed by atoms with Crippen molar-refractivity contribution in [2.45, 2.75) is 85.7 Å². The molecule has 0 heterocycles. The monoisotopic (exact) mass is 682 g/mol. The number of hydrogen-bond donors (Lipinski definition) is 2. The Bertz CT molecular complexity index is 1690. The van der Waals surface area contributed by atoms with Crippen LogP contribution in [0.5, 0.6) is 5.75 Å². The van der Waals surface area contributed by atoms with Crippen LogP contribution in [0.15, 0.2) is 118 Å². The van der Waals surface area contributed by atoms with Gasteiger partial charge in [-0.1, -0.05) is 112 Å². The van der Waals surface area contributed by atoms with Gasteiger partial charge in [0.1, 0.15) is 22.0 Å². The van der Waals surface area contributed by atoms with Gasteiger partial charge in [0.15, 0.2) is 0 Å². The topological polar surface area (TPSA) is 107 Å². The number of ether oxygens (including phenoxy) is 1. The Balaban J connectivity index is 0.00000600. The maximum atomic E-state index is 12.4. The summed E-state index contributed by atoms with van der Waals surface area (Å²) in [5.41, 5.74) is 2.90. The molecule has 0 amide bonds. The molecule has 0 fully saturated rings. The van der Waals surface area contributed by atoms with E-state index in [0.29, 0.717) is 39.3 Å². The van der Waals surface area contributed by atoms with E-state index in [1.54, 1.807) is 60.7 Å². The maximum Gasteiger partial charge on any atom is 1.00 e. The number of allylic oxidation sites excluding steroid dienone is 1. The largest absolute Gasteiger partial charge is 1.00 e. The molecule has 0 bridgehead atoms. The van der Waals surface area contributed by atoms with Gasteiger partial charge in [-0.25, -0.2) is 8.42 Å². The van der Waals surface area contributed by atoms with E-state index in [1.165, 1.54) is 37.1 Å². The van der Waals surface area contributed by atoms with Crippen molar-refractivity contribution in [1.82, 2.24) is 0 Å². The number of rotatable bonds is 17. The number of aliphatic hydroxyl groups is 2. The fourth-order valence-corrected chi connectivity index (χ4v) is 6.98. The fraction of sp³-hybridized carbons (Fsp3) is 0.316. The van der Waals surface area contributed by atoms with Crippen molar-refractivity contribution in [2.24, 2.45) is 0 Å². The summed E-state index contributed by atoms with van der Waals surface area (Å²) < 4.78 is 43.0. The molecule has 0 saturated heterocycles. The van der Waals surface area contributed by atoms with Gasteiger partial charge in [0.25, 0.3) is 0 Å².